The zero-order chi connectivity index (χ0) is 22.5. The fraction of sp³-hybridized carbons (Fsp3) is 0.240. The average molecular weight is 429 g/mol. The van der Waals surface area contributed by atoms with Crippen LogP contribution in [0.3, 0.4) is 0 Å². The molecule has 3 rings (SSSR count). The molecule has 0 fully saturated rings. The summed E-state index contributed by atoms with van der Waals surface area (Å²) >= 11 is 1.17. The highest BCUT2D eigenvalue weighted by Crippen LogP contribution is 2.16. The Hall–Kier alpha value is -3.61. The number of nitriles is 2. The normalized spacial score (nSPS) is 11.1. The molecule has 0 bridgehead atoms. The van der Waals surface area contributed by atoms with E-state index in [0.717, 1.165) is 35.5 Å². The van der Waals surface area contributed by atoms with Gasteiger partial charge in [0.25, 0.3) is 5.56 Å². The third-order valence-corrected chi connectivity index (χ3v) is 6.27. The summed E-state index contributed by atoms with van der Waals surface area (Å²) in [6, 6.07) is 17.7. The zero-order valence-corrected chi connectivity index (χ0v) is 19.0. The molecule has 0 amide bonds. The predicted molar refractivity (Wildman–Crippen MR) is 127 cm³/mol. The highest BCUT2D eigenvalue weighted by molar-refractivity contribution is 7.07. The molecule has 3 aromatic rings. The molecule has 0 aliphatic rings. The number of hydrogen-bond donors (Lipinski definition) is 0. The molecule has 0 saturated carbocycles. The lowest BCUT2D eigenvalue weighted by Crippen LogP contribution is -2.31. The van der Waals surface area contributed by atoms with E-state index in [1.165, 1.54) is 15.9 Å². The van der Waals surface area contributed by atoms with Crippen molar-refractivity contribution in [2.45, 2.75) is 27.7 Å². The minimum Gasteiger partial charge on any atom is -0.372 e. The molecule has 0 radical (unpaired) electrons. The first-order valence-corrected chi connectivity index (χ1v) is 11.0. The molecule has 156 valence electrons. The predicted octanol–water partition coefficient (Wildman–Crippen LogP) is 3.39. The number of nitrogens with zero attached hydrogens (tertiary/aromatic N) is 4. The van der Waals surface area contributed by atoms with Crippen LogP contribution in [-0.2, 0) is 0 Å². The van der Waals surface area contributed by atoms with Gasteiger partial charge in [0, 0.05) is 18.8 Å². The molecule has 0 N–H and O–H groups in total. The van der Waals surface area contributed by atoms with Crippen molar-refractivity contribution >= 4 is 28.7 Å². The van der Waals surface area contributed by atoms with Gasteiger partial charge in [-0.2, -0.15) is 10.5 Å². The fourth-order valence-corrected chi connectivity index (χ4v) is 4.61. The van der Waals surface area contributed by atoms with Crippen LogP contribution < -0.4 is 19.7 Å². The summed E-state index contributed by atoms with van der Waals surface area (Å²) in [6.45, 7) is 9.99. The first kappa shape index (κ1) is 22.1. The number of thiazole rings is 1. The lowest BCUT2D eigenvalue weighted by Gasteiger charge is -2.20. The monoisotopic (exact) mass is 428 g/mol. The first-order valence-electron chi connectivity index (χ1n) is 10.1. The highest BCUT2D eigenvalue weighted by Gasteiger charge is 2.13. The third-order valence-electron chi connectivity index (χ3n) is 5.17. The van der Waals surface area contributed by atoms with Gasteiger partial charge in [-0.1, -0.05) is 29.8 Å². The average Bonchev–Trinajstić information content (AvgIpc) is 3.07. The summed E-state index contributed by atoms with van der Waals surface area (Å²) < 4.78 is 2.32. The van der Waals surface area contributed by atoms with E-state index in [4.69, 9.17) is 0 Å². The Morgan fingerprint density at radius 3 is 2.26 bits per heavy atom. The van der Waals surface area contributed by atoms with Crippen LogP contribution in [0.15, 0.2) is 47.3 Å². The molecular formula is C25H24N4OS. The van der Waals surface area contributed by atoms with Gasteiger partial charge in [-0.05, 0) is 63.1 Å². The minimum atomic E-state index is -0.234. The van der Waals surface area contributed by atoms with Gasteiger partial charge in [0.05, 0.1) is 10.2 Å². The van der Waals surface area contributed by atoms with Crippen LogP contribution in [0.1, 0.15) is 30.5 Å². The number of aryl methyl sites for hydroxylation is 2. The van der Waals surface area contributed by atoms with E-state index in [1.807, 2.05) is 74.5 Å². The van der Waals surface area contributed by atoms with E-state index in [2.05, 4.69) is 18.7 Å². The smallest absolute Gasteiger partial charge is 0.273 e. The summed E-state index contributed by atoms with van der Waals surface area (Å²) in [5.74, 6) is 0. The van der Waals surface area contributed by atoms with Gasteiger partial charge in [0.1, 0.15) is 16.8 Å². The van der Waals surface area contributed by atoms with Crippen molar-refractivity contribution in [2.75, 3.05) is 18.0 Å². The van der Waals surface area contributed by atoms with E-state index < -0.39 is 0 Å². The largest absolute Gasteiger partial charge is 0.372 e. The Morgan fingerprint density at radius 2 is 1.71 bits per heavy atom. The lowest BCUT2D eigenvalue weighted by molar-refractivity contribution is 0.866. The van der Waals surface area contributed by atoms with Crippen LogP contribution in [-0.4, -0.2) is 17.7 Å². The molecule has 0 aliphatic heterocycles. The molecule has 0 spiro atoms. The molecule has 2 aromatic carbocycles. The van der Waals surface area contributed by atoms with Crippen LogP contribution in [0.25, 0.3) is 17.3 Å². The van der Waals surface area contributed by atoms with E-state index in [1.54, 1.807) is 0 Å². The first-order chi connectivity index (χ1) is 14.9. The SMILES string of the molecule is CCN(CC)c1ccc(C=c2sc(=C(C#N)C#N)n(-c3ccc(C)cc3C)c2=O)cc1. The van der Waals surface area contributed by atoms with Crippen molar-refractivity contribution in [3.05, 3.63) is 78.7 Å². The second-order valence-corrected chi connectivity index (χ2v) is 8.24. The summed E-state index contributed by atoms with van der Waals surface area (Å²) in [5, 5.41) is 18.9. The summed E-state index contributed by atoms with van der Waals surface area (Å²) in [6.07, 6.45) is 1.81. The van der Waals surface area contributed by atoms with E-state index in [-0.39, 0.29) is 11.1 Å². The Bertz CT molecular complexity index is 1350. The molecule has 31 heavy (non-hydrogen) atoms. The fourth-order valence-electron chi connectivity index (χ4n) is 3.57. The summed E-state index contributed by atoms with van der Waals surface area (Å²) in [7, 11) is 0. The van der Waals surface area contributed by atoms with Gasteiger partial charge >= 0.3 is 0 Å². The Morgan fingerprint density at radius 1 is 1.06 bits per heavy atom. The van der Waals surface area contributed by atoms with Gasteiger partial charge in [0.15, 0.2) is 5.57 Å². The summed E-state index contributed by atoms with van der Waals surface area (Å²) in [4.78, 5) is 15.6. The van der Waals surface area contributed by atoms with Crippen molar-refractivity contribution in [1.29, 1.82) is 10.5 Å². The maximum absolute atomic E-state index is 13.3. The van der Waals surface area contributed by atoms with Crippen molar-refractivity contribution < 1.29 is 0 Å². The van der Waals surface area contributed by atoms with Gasteiger partial charge in [-0.3, -0.25) is 9.36 Å². The molecule has 6 heteroatoms. The van der Waals surface area contributed by atoms with E-state index in [9.17, 15) is 15.3 Å². The summed E-state index contributed by atoms with van der Waals surface area (Å²) in [5.41, 5.74) is 4.39. The molecule has 1 aromatic heterocycles. The maximum Gasteiger partial charge on any atom is 0.273 e. The minimum absolute atomic E-state index is 0.0707. The van der Waals surface area contributed by atoms with Crippen LogP contribution in [0, 0.1) is 36.5 Å². The maximum atomic E-state index is 13.3. The number of anilines is 1. The van der Waals surface area contributed by atoms with Crippen molar-refractivity contribution in [1.82, 2.24) is 4.57 Å². The topological polar surface area (TPSA) is 72.8 Å². The molecular weight excluding hydrogens is 404 g/mol. The number of hydrogen-bond acceptors (Lipinski definition) is 5. The second-order valence-electron chi connectivity index (χ2n) is 7.21. The quantitative estimate of drug-likeness (QED) is 0.624. The van der Waals surface area contributed by atoms with Gasteiger partial charge in [-0.15, -0.1) is 11.3 Å². The van der Waals surface area contributed by atoms with Gasteiger partial charge in [0.2, 0.25) is 0 Å². The molecule has 0 atom stereocenters. The van der Waals surface area contributed by atoms with Crippen molar-refractivity contribution in [3.8, 4) is 17.8 Å². The van der Waals surface area contributed by atoms with Crippen molar-refractivity contribution in [3.63, 3.8) is 0 Å². The van der Waals surface area contributed by atoms with E-state index in [0.29, 0.717) is 14.9 Å². The molecule has 1 heterocycles. The standard InChI is InChI=1S/C25H24N4OS/c1-5-28(6-2)21-10-8-19(9-11-21)14-23-24(30)29(25(31-23)20(15-26)16-27)22-12-7-17(3)13-18(22)4/h7-14H,5-6H2,1-4H3. The van der Waals surface area contributed by atoms with Crippen LogP contribution in [0.2, 0.25) is 0 Å². The Balaban J connectivity index is 2.25. The van der Waals surface area contributed by atoms with Crippen LogP contribution in [0.4, 0.5) is 5.69 Å². The van der Waals surface area contributed by atoms with Crippen molar-refractivity contribution in [2.24, 2.45) is 0 Å². The number of benzene rings is 2. The highest BCUT2D eigenvalue weighted by atomic mass is 32.1. The second kappa shape index (κ2) is 9.47. The van der Waals surface area contributed by atoms with Crippen LogP contribution in [0.5, 0.6) is 0 Å². The Labute approximate surface area is 186 Å². The zero-order valence-electron chi connectivity index (χ0n) is 18.1. The lowest BCUT2D eigenvalue weighted by atomic mass is 10.1. The van der Waals surface area contributed by atoms with Crippen LogP contribution >= 0.6 is 11.3 Å². The van der Waals surface area contributed by atoms with Gasteiger partial charge in [-0.25, -0.2) is 0 Å². The molecule has 0 aliphatic carbocycles. The van der Waals surface area contributed by atoms with Gasteiger partial charge < -0.3 is 4.90 Å². The molecule has 0 unspecified atom stereocenters. The van der Waals surface area contributed by atoms with E-state index >= 15 is 0 Å². The number of aromatic nitrogens is 1. The number of rotatable bonds is 5. The molecule has 5 nitrogen and oxygen atoms in total. The molecule has 0 saturated heterocycles. The Kier molecular flexibility index (Phi) is 6.74. The third kappa shape index (κ3) is 4.45.